The molecule has 0 unspecified atom stereocenters. The molecule has 1 saturated carbocycles. The summed E-state index contributed by atoms with van der Waals surface area (Å²) < 4.78 is 0. The highest BCUT2D eigenvalue weighted by atomic mass is 16.2. The molecule has 1 spiro atoms. The van der Waals surface area contributed by atoms with Gasteiger partial charge in [0, 0.05) is 30.5 Å². The fraction of sp³-hybridized carbons (Fsp3) is 0.933. The Kier molecular flexibility index (Phi) is 3.13. The molecule has 0 aromatic carbocycles. The molecule has 3 aliphatic rings. The van der Waals surface area contributed by atoms with E-state index in [4.69, 9.17) is 0 Å². The van der Waals surface area contributed by atoms with Crippen molar-refractivity contribution in [2.24, 2.45) is 11.3 Å². The number of carbonyl (C=O) groups excluding carboxylic acids is 1. The summed E-state index contributed by atoms with van der Waals surface area (Å²) in [4.78, 5) is 16.8. The van der Waals surface area contributed by atoms with Gasteiger partial charge in [0.05, 0.1) is 0 Å². The lowest BCUT2D eigenvalue weighted by Crippen LogP contribution is -2.63. The lowest BCUT2D eigenvalue weighted by atomic mass is 9.70. The van der Waals surface area contributed by atoms with E-state index in [0.29, 0.717) is 23.3 Å². The lowest BCUT2D eigenvalue weighted by molar-refractivity contribution is -0.154. The van der Waals surface area contributed by atoms with E-state index in [9.17, 15) is 4.79 Å². The number of likely N-dealkylation sites (tertiary alicyclic amines) is 2. The van der Waals surface area contributed by atoms with Crippen molar-refractivity contribution in [3.8, 4) is 0 Å². The third kappa shape index (κ3) is 2.07. The lowest BCUT2D eigenvalue weighted by Gasteiger charge is -2.55. The summed E-state index contributed by atoms with van der Waals surface area (Å²) in [5.74, 6) is 0.844. The second-order valence-electron chi connectivity index (χ2n) is 6.95. The monoisotopic (exact) mass is 250 g/mol. The molecular weight excluding hydrogens is 224 g/mol. The maximum Gasteiger partial charge on any atom is 0.225 e. The van der Waals surface area contributed by atoms with Gasteiger partial charge in [0.1, 0.15) is 0 Å². The zero-order valence-electron chi connectivity index (χ0n) is 11.8. The number of carbonyl (C=O) groups is 1. The van der Waals surface area contributed by atoms with Crippen LogP contribution in [0.2, 0.25) is 0 Å². The van der Waals surface area contributed by atoms with Crippen molar-refractivity contribution in [2.75, 3.05) is 26.2 Å². The predicted molar refractivity (Wildman–Crippen MR) is 72.3 cm³/mol. The van der Waals surface area contributed by atoms with E-state index in [0.717, 1.165) is 25.9 Å². The van der Waals surface area contributed by atoms with Gasteiger partial charge in [-0.25, -0.2) is 0 Å². The van der Waals surface area contributed by atoms with Gasteiger partial charge in [-0.3, -0.25) is 4.79 Å². The van der Waals surface area contributed by atoms with Crippen molar-refractivity contribution < 1.29 is 4.79 Å². The first-order valence-corrected chi connectivity index (χ1v) is 7.62. The van der Waals surface area contributed by atoms with Gasteiger partial charge >= 0.3 is 0 Å². The minimum Gasteiger partial charge on any atom is -0.341 e. The third-order valence-electron chi connectivity index (χ3n) is 5.41. The molecular formula is C15H26N2O. The maximum atomic E-state index is 12.1. The van der Waals surface area contributed by atoms with Crippen LogP contribution in [-0.2, 0) is 4.79 Å². The van der Waals surface area contributed by atoms with Crippen LogP contribution in [0.15, 0.2) is 0 Å². The Bertz CT molecular complexity index is 319. The fourth-order valence-corrected chi connectivity index (χ4v) is 3.66. The van der Waals surface area contributed by atoms with Crippen LogP contribution >= 0.6 is 0 Å². The number of piperidine rings is 1. The SMILES string of the molecule is CC(C)N1CCC2(CC1)CN(C(=O)C1CCC1)C2. The second kappa shape index (κ2) is 4.52. The summed E-state index contributed by atoms with van der Waals surface area (Å²) in [6.07, 6.45) is 6.13. The molecule has 3 fully saturated rings. The zero-order chi connectivity index (χ0) is 12.8. The van der Waals surface area contributed by atoms with E-state index < -0.39 is 0 Å². The molecule has 2 saturated heterocycles. The smallest absolute Gasteiger partial charge is 0.225 e. The summed E-state index contributed by atoms with van der Waals surface area (Å²) in [5.41, 5.74) is 0.491. The van der Waals surface area contributed by atoms with Crippen molar-refractivity contribution in [1.29, 1.82) is 0 Å². The molecule has 0 atom stereocenters. The minimum absolute atomic E-state index is 0.387. The van der Waals surface area contributed by atoms with Crippen LogP contribution in [0.5, 0.6) is 0 Å². The van der Waals surface area contributed by atoms with Crippen LogP contribution in [0.3, 0.4) is 0 Å². The number of nitrogens with zero attached hydrogens (tertiary/aromatic N) is 2. The zero-order valence-corrected chi connectivity index (χ0v) is 11.8. The number of rotatable bonds is 2. The molecule has 3 rings (SSSR count). The highest BCUT2D eigenvalue weighted by Crippen LogP contribution is 2.42. The summed E-state index contributed by atoms with van der Waals surface area (Å²) in [6.45, 7) is 9.12. The average molecular weight is 250 g/mol. The van der Waals surface area contributed by atoms with Crippen LogP contribution < -0.4 is 0 Å². The van der Waals surface area contributed by atoms with Crippen LogP contribution in [0, 0.1) is 11.3 Å². The largest absolute Gasteiger partial charge is 0.341 e. The van der Waals surface area contributed by atoms with Gasteiger partial charge in [-0.15, -0.1) is 0 Å². The van der Waals surface area contributed by atoms with E-state index in [2.05, 4.69) is 23.6 Å². The molecule has 3 heteroatoms. The molecule has 3 nitrogen and oxygen atoms in total. The molecule has 0 bridgehead atoms. The Morgan fingerprint density at radius 3 is 2.22 bits per heavy atom. The molecule has 102 valence electrons. The van der Waals surface area contributed by atoms with E-state index in [-0.39, 0.29) is 0 Å². The summed E-state index contributed by atoms with van der Waals surface area (Å²) >= 11 is 0. The van der Waals surface area contributed by atoms with E-state index in [1.807, 2.05) is 0 Å². The average Bonchev–Trinajstić information content (AvgIpc) is 2.23. The fourth-order valence-electron chi connectivity index (χ4n) is 3.66. The Balaban J connectivity index is 1.48. The number of hydrogen-bond acceptors (Lipinski definition) is 2. The summed E-state index contributed by atoms with van der Waals surface area (Å²) in [5, 5.41) is 0. The molecule has 0 aromatic heterocycles. The number of amides is 1. The first-order chi connectivity index (χ1) is 8.60. The van der Waals surface area contributed by atoms with Crippen molar-refractivity contribution in [1.82, 2.24) is 9.80 Å². The minimum atomic E-state index is 0.387. The van der Waals surface area contributed by atoms with Crippen molar-refractivity contribution >= 4 is 5.91 Å². The highest BCUT2D eigenvalue weighted by molar-refractivity contribution is 5.80. The van der Waals surface area contributed by atoms with Gasteiger partial charge in [-0.05, 0) is 52.6 Å². The molecule has 0 aromatic rings. The Labute approximate surface area is 111 Å². The highest BCUT2D eigenvalue weighted by Gasteiger charge is 2.48. The summed E-state index contributed by atoms with van der Waals surface area (Å²) in [6, 6.07) is 0.676. The molecule has 1 amide bonds. The summed E-state index contributed by atoms with van der Waals surface area (Å²) in [7, 11) is 0. The predicted octanol–water partition coefficient (Wildman–Crippen LogP) is 2.12. The quantitative estimate of drug-likeness (QED) is 0.749. The molecule has 18 heavy (non-hydrogen) atoms. The van der Waals surface area contributed by atoms with Gasteiger partial charge in [0.25, 0.3) is 0 Å². The van der Waals surface area contributed by atoms with Crippen molar-refractivity contribution in [3.05, 3.63) is 0 Å². The van der Waals surface area contributed by atoms with Gasteiger partial charge in [0.15, 0.2) is 0 Å². The first kappa shape index (κ1) is 12.5. The molecule has 0 N–H and O–H groups in total. The van der Waals surface area contributed by atoms with Crippen LogP contribution in [-0.4, -0.2) is 47.9 Å². The van der Waals surface area contributed by atoms with Crippen molar-refractivity contribution in [2.45, 2.75) is 52.0 Å². The Morgan fingerprint density at radius 1 is 1.17 bits per heavy atom. The van der Waals surface area contributed by atoms with Crippen LogP contribution in [0.4, 0.5) is 0 Å². The molecule has 0 radical (unpaired) electrons. The van der Waals surface area contributed by atoms with E-state index in [1.165, 1.54) is 32.4 Å². The number of hydrogen-bond donors (Lipinski definition) is 0. The Hall–Kier alpha value is -0.570. The third-order valence-corrected chi connectivity index (χ3v) is 5.41. The van der Waals surface area contributed by atoms with E-state index >= 15 is 0 Å². The Morgan fingerprint density at radius 2 is 1.78 bits per heavy atom. The van der Waals surface area contributed by atoms with Crippen LogP contribution in [0.1, 0.15) is 46.0 Å². The normalized spacial score (nSPS) is 28.3. The topological polar surface area (TPSA) is 23.6 Å². The molecule has 2 aliphatic heterocycles. The molecule has 2 heterocycles. The standard InChI is InChI=1S/C15H26N2O/c1-12(2)16-8-6-15(7-9-16)10-17(11-15)14(18)13-4-3-5-13/h12-13H,3-11H2,1-2H3. The maximum absolute atomic E-state index is 12.1. The molecule has 1 aliphatic carbocycles. The van der Waals surface area contributed by atoms with Crippen LogP contribution in [0.25, 0.3) is 0 Å². The van der Waals surface area contributed by atoms with Crippen molar-refractivity contribution in [3.63, 3.8) is 0 Å². The second-order valence-corrected chi connectivity index (χ2v) is 6.95. The van der Waals surface area contributed by atoms with Gasteiger partial charge in [-0.1, -0.05) is 6.42 Å². The first-order valence-electron chi connectivity index (χ1n) is 7.62. The van der Waals surface area contributed by atoms with Gasteiger partial charge in [0.2, 0.25) is 5.91 Å². The van der Waals surface area contributed by atoms with Gasteiger partial charge < -0.3 is 9.80 Å². The van der Waals surface area contributed by atoms with Gasteiger partial charge in [-0.2, -0.15) is 0 Å². The van der Waals surface area contributed by atoms with E-state index in [1.54, 1.807) is 0 Å².